The van der Waals surface area contributed by atoms with Crippen molar-refractivity contribution in [3.63, 3.8) is 0 Å². The molecule has 2 bridgehead atoms. The molecular weight excluding hydrogens is 255 g/mol. The van der Waals surface area contributed by atoms with Gasteiger partial charge in [-0.15, -0.1) is 0 Å². The molecule has 0 amide bonds. The number of aliphatic hydroxyl groups is 1. The SMILES string of the molecule is C[C@@H](O)c1c(F)cccc1N1CCC2CCC(C1)N2C. The highest BCUT2D eigenvalue weighted by Gasteiger charge is 2.35. The molecule has 2 fully saturated rings. The fourth-order valence-corrected chi connectivity index (χ4v) is 3.74. The lowest BCUT2D eigenvalue weighted by molar-refractivity contribution is 0.194. The molecule has 2 saturated heterocycles. The van der Waals surface area contributed by atoms with E-state index in [0.717, 1.165) is 25.2 Å². The molecule has 0 saturated carbocycles. The Morgan fingerprint density at radius 2 is 2.00 bits per heavy atom. The average molecular weight is 278 g/mol. The van der Waals surface area contributed by atoms with Crippen LogP contribution in [-0.4, -0.2) is 42.2 Å². The Labute approximate surface area is 120 Å². The zero-order valence-corrected chi connectivity index (χ0v) is 12.2. The van der Waals surface area contributed by atoms with Crippen molar-refractivity contribution in [3.05, 3.63) is 29.6 Å². The number of benzene rings is 1. The van der Waals surface area contributed by atoms with Crippen LogP contribution in [0, 0.1) is 5.82 Å². The lowest BCUT2D eigenvalue weighted by atomic mass is 10.0. The number of anilines is 1. The smallest absolute Gasteiger partial charge is 0.131 e. The molecule has 1 N–H and O–H groups in total. The van der Waals surface area contributed by atoms with Gasteiger partial charge in [0.2, 0.25) is 0 Å². The number of nitrogens with zero attached hydrogens (tertiary/aromatic N) is 2. The topological polar surface area (TPSA) is 26.7 Å². The van der Waals surface area contributed by atoms with Crippen LogP contribution >= 0.6 is 0 Å². The maximum atomic E-state index is 14.0. The van der Waals surface area contributed by atoms with E-state index in [1.165, 1.54) is 18.9 Å². The van der Waals surface area contributed by atoms with Gasteiger partial charge in [0.25, 0.3) is 0 Å². The molecule has 2 aliphatic rings. The molecular formula is C16H23FN2O. The first-order valence-corrected chi connectivity index (χ1v) is 7.51. The van der Waals surface area contributed by atoms with E-state index in [1.54, 1.807) is 13.0 Å². The van der Waals surface area contributed by atoms with Crippen molar-refractivity contribution in [1.29, 1.82) is 0 Å². The van der Waals surface area contributed by atoms with Crippen LogP contribution < -0.4 is 4.90 Å². The molecule has 0 spiro atoms. The first kappa shape index (κ1) is 13.8. The molecule has 3 atom stereocenters. The normalized spacial score (nSPS) is 28.5. The number of likely N-dealkylation sites (N-methyl/N-ethyl adjacent to an activating group) is 1. The van der Waals surface area contributed by atoms with Gasteiger partial charge < -0.3 is 10.0 Å². The van der Waals surface area contributed by atoms with Crippen LogP contribution in [0.1, 0.15) is 37.9 Å². The Balaban J connectivity index is 1.92. The van der Waals surface area contributed by atoms with E-state index in [2.05, 4.69) is 16.8 Å². The van der Waals surface area contributed by atoms with E-state index in [-0.39, 0.29) is 5.82 Å². The van der Waals surface area contributed by atoms with Gasteiger partial charge in [-0.2, -0.15) is 0 Å². The van der Waals surface area contributed by atoms with Crippen molar-refractivity contribution >= 4 is 5.69 Å². The predicted octanol–water partition coefficient (Wildman–Crippen LogP) is 2.55. The molecule has 0 aliphatic carbocycles. The molecule has 3 rings (SSSR count). The molecule has 2 heterocycles. The van der Waals surface area contributed by atoms with E-state index < -0.39 is 6.10 Å². The Morgan fingerprint density at radius 1 is 1.25 bits per heavy atom. The van der Waals surface area contributed by atoms with Crippen molar-refractivity contribution in [1.82, 2.24) is 4.90 Å². The molecule has 20 heavy (non-hydrogen) atoms. The molecule has 0 radical (unpaired) electrons. The molecule has 2 unspecified atom stereocenters. The van der Waals surface area contributed by atoms with E-state index in [4.69, 9.17) is 0 Å². The third-order valence-electron chi connectivity index (χ3n) is 4.94. The van der Waals surface area contributed by atoms with Crippen molar-refractivity contribution in [2.75, 3.05) is 25.0 Å². The summed E-state index contributed by atoms with van der Waals surface area (Å²) in [5.74, 6) is -0.305. The van der Waals surface area contributed by atoms with Crippen LogP contribution in [-0.2, 0) is 0 Å². The minimum absolute atomic E-state index is 0.305. The van der Waals surface area contributed by atoms with Crippen LogP contribution in [0.5, 0.6) is 0 Å². The Morgan fingerprint density at radius 3 is 2.75 bits per heavy atom. The van der Waals surface area contributed by atoms with Gasteiger partial charge in [-0.05, 0) is 45.4 Å². The van der Waals surface area contributed by atoms with Gasteiger partial charge in [-0.3, -0.25) is 4.90 Å². The largest absolute Gasteiger partial charge is 0.389 e. The summed E-state index contributed by atoms with van der Waals surface area (Å²) in [5, 5.41) is 9.89. The summed E-state index contributed by atoms with van der Waals surface area (Å²) in [6.07, 6.45) is 2.84. The van der Waals surface area contributed by atoms with E-state index in [9.17, 15) is 9.50 Å². The monoisotopic (exact) mass is 278 g/mol. The summed E-state index contributed by atoms with van der Waals surface area (Å²) >= 11 is 0. The molecule has 0 aromatic heterocycles. The fraction of sp³-hybridized carbons (Fsp3) is 0.625. The first-order chi connectivity index (χ1) is 9.58. The van der Waals surface area contributed by atoms with Crippen molar-refractivity contribution in [2.45, 2.75) is 44.4 Å². The van der Waals surface area contributed by atoms with Crippen molar-refractivity contribution < 1.29 is 9.50 Å². The number of hydrogen-bond acceptors (Lipinski definition) is 3. The van der Waals surface area contributed by atoms with Crippen LogP contribution in [0.4, 0.5) is 10.1 Å². The number of rotatable bonds is 2. The van der Waals surface area contributed by atoms with E-state index in [0.29, 0.717) is 17.6 Å². The molecule has 1 aromatic carbocycles. The Hall–Kier alpha value is -1.13. The van der Waals surface area contributed by atoms with Gasteiger partial charge in [-0.1, -0.05) is 6.07 Å². The number of hydrogen-bond donors (Lipinski definition) is 1. The van der Waals surface area contributed by atoms with Crippen LogP contribution in [0.3, 0.4) is 0 Å². The second-order valence-corrected chi connectivity index (χ2v) is 6.13. The number of aliphatic hydroxyl groups excluding tert-OH is 1. The minimum atomic E-state index is -0.774. The van der Waals surface area contributed by atoms with Gasteiger partial charge in [-0.25, -0.2) is 4.39 Å². The molecule has 3 nitrogen and oxygen atoms in total. The summed E-state index contributed by atoms with van der Waals surface area (Å²) < 4.78 is 14.0. The van der Waals surface area contributed by atoms with Crippen molar-refractivity contribution in [3.8, 4) is 0 Å². The second-order valence-electron chi connectivity index (χ2n) is 6.13. The molecule has 4 heteroatoms. The Bertz CT molecular complexity index is 491. The third-order valence-corrected chi connectivity index (χ3v) is 4.94. The lowest BCUT2D eigenvalue weighted by Crippen LogP contribution is -2.37. The van der Waals surface area contributed by atoms with E-state index >= 15 is 0 Å². The summed E-state index contributed by atoms with van der Waals surface area (Å²) in [6, 6.07) is 6.32. The third kappa shape index (κ3) is 2.31. The standard InChI is InChI=1S/C16H23FN2O/c1-11(20)16-14(17)4-3-5-15(16)19-9-8-12-6-7-13(10-19)18(12)2/h3-5,11-13,20H,6-10H2,1-2H3/t11-,12?,13?/m1/s1. The molecule has 110 valence electrons. The van der Waals surface area contributed by atoms with Gasteiger partial charge in [0.15, 0.2) is 0 Å². The quantitative estimate of drug-likeness (QED) is 0.900. The van der Waals surface area contributed by atoms with Gasteiger partial charge in [0.1, 0.15) is 5.82 Å². The summed E-state index contributed by atoms with van der Waals surface area (Å²) in [5.41, 5.74) is 1.30. The maximum absolute atomic E-state index is 14.0. The van der Waals surface area contributed by atoms with Crippen molar-refractivity contribution in [2.24, 2.45) is 0 Å². The summed E-state index contributed by atoms with van der Waals surface area (Å²) in [6.45, 7) is 3.50. The highest BCUT2D eigenvalue weighted by Crippen LogP contribution is 2.34. The van der Waals surface area contributed by atoms with Crippen LogP contribution in [0.2, 0.25) is 0 Å². The first-order valence-electron chi connectivity index (χ1n) is 7.51. The highest BCUT2D eigenvalue weighted by atomic mass is 19.1. The zero-order valence-electron chi connectivity index (χ0n) is 12.2. The maximum Gasteiger partial charge on any atom is 0.131 e. The van der Waals surface area contributed by atoms with Gasteiger partial charge in [0, 0.05) is 36.4 Å². The highest BCUT2D eigenvalue weighted by molar-refractivity contribution is 5.55. The fourth-order valence-electron chi connectivity index (χ4n) is 3.74. The number of halogens is 1. The molecule has 2 aliphatic heterocycles. The van der Waals surface area contributed by atoms with Crippen LogP contribution in [0.15, 0.2) is 18.2 Å². The second kappa shape index (κ2) is 5.34. The summed E-state index contributed by atoms with van der Waals surface area (Å²) in [7, 11) is 2.20. The minimum Gasteiger partial charge on any atom is -0.389 e. The van der Waals surface area contributed by atoms with Gasteiger partial charge in [0.05, 0.1) is 6.10 Å². The summed E-state index contributed by atoms with van der Waals surface area (Å²) in [4.78, 5) is 4.73. The Kier molecular flexibility index (Phi) is 3.69. The lowest BCUT2D eigenvalue weighted by Gasteiger charge is -2.30. The predicted molar refractivity (Wildman–Crippen MR) is 78.4 cm³/mol. The zero-order chi connectivity index (χ0) is 14.3. The van der Waals surface area contributed by atoms with Crippen LogP contribution in [0.25, 0.3) is 0 Å². The van der Waals surface area contributed by atoms with E-state index in [1.807, 2.05) is 6.07 Å². The average Bonchev–Trinajstić information content (AvgIpc) is 2.62. The molecule has 1 aromatic rings. The van der Waals surface area contributed by atoms with Gasteiger partial charge >= 0.3 is 0 Å². The number of fused-ring (bicyclic) bond motifs is 2.